The van der Waals surface area contributed by atoms with Crippen LogP contribution in [0.5, 0.6) is 5.75 Å². The SMILES string of the molecule is CCCCCCCCc1ccc(OCCOCCOCCOCCOCCOCCOC(=O)CCCCC(=O)O)cc1. The number of carboxylic acid groups (broad SMARTS) is 1. The lowest BCUT2D eigenvalue weighted by Gasteiger charge is -2.09. The monoisotopic (exact) mass is 598 g/mol. The predicted molar refractivity (Wildman–Crippen MR) is 160 cm³/mol. The van der Waals surface area contributed by atoms with Crippen LogP contribution in [0.2, 0.25) is 0 Å². The van der Waals surface area contributed by atoms with Gasteiger partial charge in [-0.2, -0.15) is 0 Å². The van der Waals surface area contributed by atoms with Crippen molar-refractivity contribution in [2.24, 2.45) is 0 Å². The fourth-order valence-corrected chi connectivity index (χ4v) is 3.89. The van der Waals surface area contributed by atoms with Crippen molar-refractivity contribution in [2.75, 3.05) is 79.3 Å². The molecule has 1 aromatic rings. The molecule has 1 aromatic carbocycles. The number of carbonyl (C=O) groups is 2. The summed E-state index contributed by atoms with van der Waals surface area (Å²) in [5, 5.41) is 8.54. The highest BCUT2D eigenvalue weighted by Gasteiger charge is 2.04. The zero-order chi connectivity index (χ0) is 30.4. The molecule has 0 fully saturated rings. The van der Waals surface area contributed by atoms with Crippen molar-refractivity contribution in [3.63, 3.8) is 0 Å². The number of hydrogen-bond donors (Lipinski definition) is 1. The van der Waals surface area contributed by atoms with E-state index < -0.39 is 5.97 Å². The molecule has 0 aliphatic rings. The Morgan fingerprint density at radius 2 is 1.05 bits per heavy atom. The van der Waals surface area contributed by atoms with Gasteiger partial charge in [0.05, 0.1) is 66.1 Å². The van der Waals surface area contributed by atoms with Crippen LogP contribution in [0.15, 0.2) is 24.3 Å². The van der Waals surface area contributed by atoms with Gasteiger partial charge in [0.25, 0.3) is 0 Å². The van der Waals surface area contributed by atoms with Crippen molar-refractivity contribution < 1.29 is 47.9 Å². The highest BCUT2D eigenvalue weighted by molar-refractivity contribution is 5.69. The van der Waals surface area contributed by atoms with E-state index in [-0.39, 0.29) is 25.4 Å². The second-order valence-electron chi connectivity index (χ2n) is 9.89. The number of hydrogen-bond acceptors (Lipinski definition) is 9. The molecule has 0 aliphatic heterocycles. The van der Waals surface area contributed by atoms with Gasteiger partial charge in [0, 0.05) is 12.8 Å². The summed E-state index contributed by atoms with van der Waals surface area (Å²) in [6, 6.07) is 8.38. The van der Waals surface area contributed by atoms with Crippen LogP contribution in [0.4, 0.5) is 0 Å². The zero-order valence-electron chi connectivity index (χ0n) is 25.7. The van der Waals surface area contributed by atoms with Gasteiger partial charge in [-0.3, -0.25) is 9.59 Å². The molecule has 1 N–H and O–H groups in total. The molecule has 1 rings (SSSR count). The topological polar surface area (TPSA) is 119 Å². The van der Waals surface area contributed by atoms with Crippen LogP contribution < -0.4 is 4.74 Å². The van der Waals surface area contributed by atoms with Gasteiger partial charge in [-0.05, 0) is 43.4 Å². The number of aryl methyl sites for hydroxylation is 1. The van der Waals surface area contributed by atoms with E-state index in [1.165, 1.54) is 44.1 Å². The molecule has 42 heavy (non-hydrogen) atoms. The summed E-state index contributed by atoms with van der Waals surface area (Å²) < 4.78 is 38.0. The average molecular weight is 599 g/mol. The lowest BCUT2D eigenvalue weighted by atomic mass is 10.0. The Bertz CT molecular complexity index is 756. The van der Waals surface area contributed by atoms with Gasteiger partial charge in [-0.1, -0.05) is 51.2 Å². The largest absolute Gasteiger partial charge is 0.491 e. The van der Waals surface area contributed by atoms with Crippen LogP contribution in [0, 0.1) is 0 Å². The number of ether oxygens (including phenoxy) is 7. The van der Waals surface area contributed by atoms with Gasteiger partial charge >= 0.3 is 11.9 Å². The molecule has 10 nitrogen and oxygen atoms in total. The van der Waals surface area contributed by atoms with E-state index in [1.807, 2.05) is 12.1 Å². The molecule has 0 atom stereocenters. The molecular weight excluding hydrogens is 544 g/mol. The summed E-state index contributed by atoms with van der Waals surface area (Å²) in [5.74, 6) is -0.323. The molecule has 0 saturated carbocycles. The number of aliphatic carboxylic acids is 1. The highest BCUT2D eigenvalue weighted by atomic mass is 16.6. The van der Waals surface area contributed by atoms with Gasteiger partial charge in [0.15, 0.2) is 0 Å². The molecule has 0 amide bonds. The predicted octanol–water partition coefficient (Wildman–Crippen LogP) is 5.24. The van der Waals surface area contributed by atoms with Gasteiger partial charge < -0.3 is 38.3 Å². The number of rotatable bonds is 31. The molecule has 0 aromatic heterocycles. The molecule has 0 saturated heterocycles. The molecule has 10 heteroatoms. The standard InChI is InChI=1S/C32H54O10/c1-2-3-4-5-6-7-10-29-13-15-30(16-14-29)41-27-25-39-23-21-37-19-17-36-18-20-38-22-24-40-26-28-42-32(35)12-9-8-11-31(33)34/h13-16H,2-12,17-28H2,1H3,(H,33,34). The second-order valence-corrected chi connectivity index (χ2v) is 9.89. The molecule has 0 heterocycles. The van der Waals surface area contributed by atoms with Crippen LogP contribution in [-0.2, 0) is 44.4 Å². The minimum Gasteiger partial charge on any atom is -0.491 e. The minimum atomic E-state index is -0.857. The van der Waals surface area contributed by atoms with Crippen molar-refractivity contribution in [1.29, 1.82) is 0 Å². The minimum absolute atomic E-state index is 0.0669. The number of esters is 1. The van der Waals surface area contributed by atoms with Crippen LogP contribution in [0.3, 0.4) is 0 Å². The maximum absolute atomic E-state index is 11.5. The van der Waals surface area contributed by atoms with Gasteiger partial charge in [-0.25, -0.2) is 0 Å². The number of carbonyl (C=O) groups excluding carboxylic acids is 1. The zero-order valence-corrected chi connectivity index (χ0v) is 25.7. The molecular formula is C32H54O10. The Morgan fingerprint density at radius 3 is 1.60 bits per heavy atom. The molecule has 0 radical (unpaired) electrons. The lowest BCUT2D eigenvalue weighted by Crippen LogP contribution is -2.15. The van der Waals surface area contributed by atoms with Crippen molar-refractivity contribution >= 4 is 11.9 Å². The third-order valence-corrected chi connectivity index (χ3v) is 6.24. The third-order valence-electron chi connectivity index (χ3n) is 6.24. The molecule has 0 bridgehead atoms. The Morgan fingerprint density at radius 1 is 0.571 bits per heavy atom. The smallest absolute Gasteiger partial charge is 0.305 e. The van der Waals surface area contributed by atoms with Crippen molar-refractivity contribution in [2.45, 2.75) is 77.6 Å². The first-order chi connectivity index (χ1) is 20.6. The average Bonchev–Trinajstić information content (AvgIpc) is 2.99. The Labute approximate surface area is 252 Å². The van der Waals surface area contributed by atoms with Crippen LogP contribution in [0.1, 0.15) is 76.7 Å². The summed E-state index contributed by atoms with van der Waals surface area (Å²) in [6.07, 6.45) is 10.3. The van der Waals surface area contributed by atoms with E-state index in [0.29, 0.717) is 85.5 Å². The quantitative estimate of drug-likeness (QED) is 0.0898. The maximum Gasteiger partial charge on any atom is 0.305 e. The first kappa shape index (κ1) is 37.8. The number of unbranched alkanes of at least 4 members (excludes halogenated alkanes) is 6. The maximum atomic E-state index is 11.5. The molecule has 0 unspecified atom stereocenters. The van der Waals surface area contributed by atoms with E-state index in [2.05, 4.69) is 19.1 Å². The molecule has 242 valence electrons. The summed E-state index contributed by atoms with van der Waals surface area (Å²) in [4.78, 5) is 21.9. The Hall–Kier alpha value is -2.24. The highest BCUT2D eigenvalue weighted by Crippen LogP contribution is 2.15. The van der Waals surface area contributed by atoms with Crippen molar-refractivity contribution in [1.82, 2.24) is 0 Å². The fourth-order valence-electron chi connectivity index (χ4n) is 3.89. The van der Waals surface area contributed by atoms with Crippen molar-refractivity contribution in [3.05, 3.63) is 29.8 Å². The van der Waals surface area contributed by atoms with Gasteiger partial charge in [0.1, 0.15) is 19.0 Å². The molecule has 0 spiro atoms. The van der Waals surface area contributed by atoms with E-state index in [0.717, 1.165) is 12.2 Å². The second kappa shape index (κ2) is 28.9. The first-order valence-corrected chi connectivity index (χ1v) is 15.6. The lowest BCUT2D eigenvalue weighted by molar-refractivity contribution is -0.146. The number of carboxylic acids is 1. The fraction of sp³-hybridized carbons (Fsp3) is 0.750. The van der Waals surface area contributed by atoms with Gasteiger partial charge in [-0.15, -0.1) is 0 Å². The Kier molecular flexibility index (Phi) is 26.0. The van der Waals surface area contributed by atoms with E-state index in [9.17, 15) is 9.59 Å². The summed E-state index contributed by atoms with van der Waals surface area (Å²) in [7, 11) is 0. The van der Waals surface area contributed by atoms with E-state index >= 15 is 0 Å². The summed E-state index contributed by atoms with van der Waals surface area (Å²) in [5.41, 5.74) is 1.37. The van der Waals surface area contributed by atoms with E-state index in [1.54, 1.807) is 0 Å². The number of benzene rings is 1. The normalized spacial score (nSPS) is 11.1. The van der Waals surface area contributed by atoms with E-state index in [4.69, 9.17) is 38.3 Å². The first-order valence-electron chi connectivity index (χ1n) is 15.6. The van der Waals surface area contributed by atoms with Crippen LogP contribution in [-0.4, -0.2) is 96.3 Å². The van der Waals surface area contributed by atoms with Gasteiger partial charge in [0.2, 0.25) is 0 Å². The summed E-state index contributed by atoms with van der Waals surface area (Å²) >= 11 is 0. The Balaban J connectivity index is 1.77. The molecule has 0 aliphatic carbocycles. The third kappa shape index (κ3) is 25.5. The summed E-state index contributed by atoms with van der Waals surface area (Å²) in [6.45, 7) is 7.48. The van der Waals surface area contributed by atoms with Crippen LogP contribution >= 0.6 is 0 Å². The van der Waals surface area contributed by atoms with Crippen molar-refractivity contribution in [3.8, 4) is 5.75 Å². The van der Waals surface area contributed by atoms with Crippen LogP contribution in [0.25, 0.3) is 0 Å².